The number of rotatable bonds is 4. The van der Waals surface area contributed by atoms with Gasteiger partial charge in [0.25, 0.3) is 0 Å². The molecule has 0 radical (unpaired) electrons. The number of imidazole rings is 1. The molecule has 0 unspecified atom stereocenters. The Morgan fingerprint density at radius 3 is 2.70 bits per heavy atom. The van der Waals surface area contributed by atoms with Gasteiger partial charge in [-0.3, -0.25) is 4.98 Å². The van der Waals surface area contributed by atoms with E-state index in [-0.39, 0.29) is 17.5 Å². The van der Waals surface area contributed by atoms with Crippen molar-refractivity contribution < 1.29 is 13.5 Å². The summed E-state index contributed by atoms with van der Waals surface area (Å²) in [6.45, 7) is 1.59. The van der Waals surface area contributed by atoms with E-state index in [9.17, 15) is 13.5 Å². The predicted octanol–water partition coefficient (Wildman–Crippen LogP) is 1.74. The summed E-state index contributed by atoms with van der Waals surface area (Å²) in [6, 6.07) is 9.25. The normalized spacial score (nSPS) is 12.0. The highest BCUT2D eigenvalue weighted by Gasteiger charge is 2.23. The zero-order chi connectivity index (χ0) is 16.6. The zero-order valence-electron chi connectivity index (χ0n) is 12.9. The number of aliphatic hydroxyl groups excluding tert-OH is 1. The Kier molecular flexibility index (Phi) is 3.91. The van der Waals surface area contributed by atoms with Gasteiger partial charge >= 0.3 is 0 Å². The van der Waals surface area contributed by atoms with Gasteiger partial charge in [0.2, 0.25) is 15.0 Å². The van der Waals surface area contributed by atoms with Gasteiger partial charge in [-0.25, -0.2) is 13.4 Å². The summed E-state index contributed by atoms with van der Waals surface area (Å²) in [7, 11) is -2.04. The Balaban J connectivity index is 2.09. The number of benzene rings is 1. The second kappa shape index (κ2) is 5.75. The van der Waals surface area contributed by atoms with E-state index in [1.165, 1.54) is 10.8 Å². The van der Waals surface area contributed by atoms with Gasteiger partial charge in [0.1, 0.15) is 0 Å². The Hall–Kier alpha value is -2.25. The number of aromatic nitrogens is 3. The third kappa shape index (κ3) is 2.85. The second-order valence-electron chi connectivity index (χ2n) is 5.45. The maximum absolute atomic E-state index is 12.7. The van der Waals surface area contributed by atoms with Crippen LogP contribution in [0.15, 0.2) is 41.7 Å². The number of fused-ring (bicyclic) bond motifs is 1. The minimum Gasteiger partial charge on any atom is -0.390 e. The number of aryl methyl sites for hydroxylation is 1. The third-order valence-corrected chi connectivity index (χ3v) is 5.38. The molecule has 0 aliphatic rings. The second-order valence-corrected chi connectivity index (χ2v) is 7.33. The Bertz CT molecular complexity index is 977. The van der Waals surface area contributed by atoms with Gasteiger partial charge in [0.15, 0.2) is 0 Å². The van der Waals surface area contributed by atoms with Crippen molar-refractivity contribution in [2.75, 3.05) is 0 Å². The van der Waals surface area contributed by atoms with E-state index in [1.54, 1.807) is 13.1 Å². The first-order valence-corrected chi connectivity index (χ1v) is 8.77. The van der Waals surface area contributed by atoms with Gasteiger partial charge in [-0.1, -0.05) is 18.2 Å². The van der Waals surface area contributed by atoms with Crippen molar-refractivity contribution in [2.45, 2.75) is 24.4 Å². The molecule has 0 atom stereocenters. The molecule has 2 aromatic heterocycles. The summed E-state index contributed by atoms with van der Waals surface area (Å²) in [5.41, 5.74) is 2.69. The van der Waals surface area contributed by atoms with Crippen LogP contribution in [-0.2, 0) is 29.2 Å². The number of para-hydroxylation sites is 1. The Labute approximate surface area is 134 Å². The van der Waals surface area contributed by atoms with Crippen LogP contribution < -0.4 is 0 Å². The largest absolute Gasteiger partial charge is 0.390 e. The van der Waals surface area contributed by atoms with Crippen LogP contribution in [0.2, 0.25) is 0 Å². The van der Waals surface area contributed by atoms with Crippen molar-refractivity contribution >= 4 is 20.7 Å². The first kappa shape index (κ1) is 15.6. The van der Waals surface area contributed by atoms with Gasteiger partial charge in [-0.2, -0.15) is 0 Å². The predicted molar refractivity (Wildman–Crippen MR) is 86.5 cm³/mol. The van der Waals surface area contributed by atoms with Crippen molar-refractivity contribution in [1.82, 2.24) is 14.5 Å². The molecular weight excluding hydrogens is 314 g/mol. The molecule has 6 nitrogen and oxygen atoms in total. The molecule has 0 aliphatic carbocycles. The van der Waals surface area contributed by atoms with Crippen molar-refractivity contribution in [3.63, 3.8) is 0 Å². The van der Waals surface area contributed by atoms with Crippen LogP contribution in [0.25, 0.3) is 10.9 Å². The van der Waals surface area contributed by atoms with Crippen LogP contribution >= 0.6 is 0 Å². The van der Waals surface area contributed by atoms with E-state index in [0.717, 1.165) is 16.6 Å². The number of aliphatic hydroxyl groups is 1. The molecule has 7 heteroatoms. The quantitative estimate of drug-likeness (QED) is 0.787. The molecule has 3 aromatic rings. The van der Waals surface area contributed by atoms with Crippen molar-refractivity contribution in [3.8, 4) is 0 Å². The van der Waals surface area contributed by atoms with Gasteiger partial charge in [0.05, 0.1) is 29.8 Å². The van der Waals surface area contributed by atoms with Gasteiger partial charge in [0, 0.05) is 18.1 Å². The highest BCUT2D eigenvalue weighted by atomic mass is 32.2. The molecule has 120 valence electrons. The molecule has 0 spiro atoms. The van der Waals surface area contributed by atoms with E-state index < -0.39 is 9.84 Å². The first-order chi connectivity index (χ1) is 10.9. The van der Waals surface area contributed by atoms with Crippen LogP contribution in [0.5, 0.6) is 0 Å². The summed E-state index contributed by atoms with van der Waals surface area (Å²) in [4.78, 5) is 8.38. The van der Waals surface area contributed by atoms with E-state index in [4.69, 9.17) is 0 Å². The summed E-state index contributed by atoms with van der Waals surface area (Å²) in [5, 5.41) is 9.98. The summed E-state index contributed by atoms with van der Waals surface area (Å²) in [5.74, 6) is -0.160. The minimum atomic E-state index is -3.63. The number of hydrogen-bond donors (Lipinski definition) is 1. The highest BCUT2D eigenvalue weighted by molar-refractivity contribution is 7.90. The van der Waals surface area contributed by atoms with Crippen molar-refractivity contribution in [1.29, 1.82) is 0 Å². The third-order valence-electron chi connectivity index (χ3n) is 3.76. The smallest absolute Gasteiger partial charge is 0.227 e. The number of hydrogen-bond acceptors (Lipinski definition) is 5. The van der Waals surface area contributed by atoms with Crippen molar-refractivity contribution in [3.05, 3.63) is 53.5 Å². The van der Waals surface area contributed by atoms with Crippen LogP contribution in [-0.4, -0.2) is 28.1 Å². The van der Waals surface area contributed by atoms with Gasteiger partial charge < -0.3 is 9.67 Å². The van der Waals surface area contributed by atoms with Crippen LogP contribution in [0.4, 0.5) is 0 Å². The first-order valence-electron chi connectivity index (χ1n) is 7.12. The zero-order valence-corrected chi connectivity index (χ0v) is 13.7. The Morgan fingerprint density at radius 1 is 1.26 bits per heavy atom. The highest BCUT2D eigenvalue weighted by Crippen LogP contribution is 2.23. The molecule has 0 saturated heterocycles. The van der Waals surface area contributed by atoms with Crippen molar-refractivity contribution in [2.24, 2.45) is 7.05 Å². The lowest BCUT2D eigenvalue weighted by atomic mass is 10.1. The molecule has 0 saturated carbocycles. The molecule has 1 N–H and O–H groups in total. The van der Waals surface area contributed by atoms with Crippen LogP contribution in [0, 0.1) is 6.92 Å². The fourth-order valence-corrected chi connectivity index (χ4v) is 4.17. The summed E-state index contributed by atoms with van der Waals surface area (Å²) in [6.07, 6.45) is 1.38. The van der Waals surface area contributed by atoms with Crippen LogP contribution in [0.3, 0.4) is 0 Å². The van der Waals surface area contributed by atoms with Crippen LogP contribution in [0.1, 0.15) is 17.0 Å². The molecule has 23 heavy (non-hydrogen) atoms. The standard InChI is InChI=1S/C16H17N3O3S/c1-11-7-12(14-5-3-4-6-15(14)18-11)10-23(21,22)16-17-8-13(9-20)19(16)2/h3-8,20H,9-10H2,1-2H3. The van der Waals surface area contributed by atoms with Gasteiger partial charge in [-0.05, 0) is 24.6 Å². The van der Waals surface area contributed by atoms with E-state index >= 15 is 0 Å². The Morgan fingerprint density at radius 2 is 2.00 bits per heavy atom. The number of sulfone groups is 1. The van der Waals surface area contributed by atoms with E-state index in [2.05, 4.69) is 9.97 Å². The lowest BCUT2D eigenvalue weighted by molar-refractivity contribution is 0.271. The fraction of sp³-hybridized carbons (Fsp3) is 0.250. The van der Waals surface area contributed by atoms with E-state index in [1.807, 2.05) is 31.2 Å². The van der Waals surface area contributed by atoms with Gasteiger partial charge in [-0.15, -0.1) is 0 Å². The summed E-state index contributed by atoms with van der Waals surface area (Å²) < 4.78 is 26.9. The number of nitrogens with zero attached hydrogens (tertiary/aromatic N) is 3. The minimum absolute atomic E-state index is 0.0416. The molecule has 2 heterocycles. The SMILES string of the molecule is Cc1cc(CS(=O)(=O)c2ncc(CO)n2C)c2ccccc2n1. The maximum atomic E-state index is 12.7. The molecule has 0 fully saturated rings. The number of pyridine rings is 1. The van der Waals surface area contributed by atoms with E-state index in [0.29, 0.717) is 11.3 Å². The average Bonchev–Trinajstić information content (AvgIpc) is 2.88. The summed E-state index contributed by atoms with van der Waals surface area (Å²) >= 11 is 0. The monoisotopic (exact) mass is 331 g/mol. The fourth-order valence-electron chi connectivity index (χ4n) is 2.65. The molecule has 3 rings (SSSR count). The molecule has 0 amide bonds. The molecule has 0 aliphatic heterocycles. The lowest BCUT2D eigenvalue weighted by Crippen LogP contribution is -2.12. The lowest BCUT2D eigenvalue weighted by Gasteiger charge is -2.09. The average molecular weight is 331 g/mol. The molecular formula is C16H17N3O3S. The molecule has 1 aromatic carbocycles. The maximum Gasteiger partial charge on any atom is 0.227 e. The molecule has 0 bridgehead atoms. The topological polar surface area (TPSA) is 85.1 Å².